The minimum atomic E-state index is -0.363. The number of nitrogens with zero attached hydrogens (tertiary/aromatic N) is 1. The fourth-order valence-corrected chi connectivity index (χ4v) is 1.48. The zero-order valence-electron chi connectivity index (χ0n) is 6.25. The van der Waals surface area contributed by atoms with Crippen molar-refractivity contribution < 1.29 is 4.92 Å². The topological polar surface area (TPSA) is 58.9 Å². The number of thioether (sulfide) groups is 1. The Hall–Kier alpha value is -0.970. The molecule has 4 nitrogen and oxygen atoms in total. The molecular weight excluding hydrogens is 164 g/mol. The summed E-state index contributed by atoms with van der Waals surface area (Å²) in [5.74, 6) is 0. The van der Waals surface area contributed by atoms with Crippen LogP contribution in [0.5, 0.6) is 0 Å². The van der Waals surface area contributed by atoms with Crippen LogP contribution in [-0.2, 0) is 0 Å². The predicted octanol–water partition coefficient (Wildman–Crippen LogP) is 1.95. The summed E-state index contributed by atoms with van der Waals surface area (Å²) >= 11 is 1.35. The van der Waals surface area contributed by atoms with Gasteiger partial charge in [-0.25, -0.2) is 0 Å². The van der Waals surface area contributed by atoms with Gasteiger partial charge in [0.2, 0.25) is 0 Å². The largest absolute Gasteiger partial charge is 0.350 e. The Morgan fingerprint density at radius 2 is 2.36 bits per heavy atom. The van der Waals surface area contributed by atoms with Gasteiger partial charge >= 0.3 is 5.69 Å². The van der Waals surface area contributed by atoms with Crippen LogP contribution in [0, 0.1) is 17.0 Å². The highest BCUT2D eigenvalue weighted by atomic mass is 32.2. The first-order chi connectivity index (χ1) is 5.16. The summed E-state index contributed by atoms with van der Waals surface area (Å²) in [4.78, 5) is 12.9. The van der Waals surface area contributed by atoms with Crippen LogP contribution in [0.4, 0.5) is 5.69 Å². The van der Waals surface area contributed by atoms with Gasteiger partial charge in [0.1, 0.15) is 0 Å². The monoisotopic (exact) mass is 172 g/mol. The molecule has 0 unspecified atom stereocenters. The quantitative estimate of drug-likeness (QED) is 0.421. The molecule has 0 saturated heterocycles. The Morgan fingerprint density at radius 1 is 1.73 bits per heavy atom. The van der Waals surface area contributed by atoms with Gasteiger partial charge in [-0.3, -0.25) is 10.1 Å². The van der Waals surface area contributed by atoms with Gasteiger partial charge in [-0.1, -0.05) is 0 Å². The van der Waals surface area contributed by atoms with Crippen molar-refractivity contribution in [3.05, 3.63) is 21.9 Å². The normalized spacial score (nSPS) is 10.0. The molecule has 0 fully saturated rings. The molecule has 0 aliphatic carbocycles. The molecule has 0 aliphatic rings. The zero-order chi connectivity index (χ0) is 8.43. The number of aryl methyl sites for hydroxylation is 1. The lowest BCUT2D eigenvalue weighted by Gasteiger charge is -1.90. The molecule has 1 aromatic heterocycles. The smallest absolute Gasteiger partial charge is 0.303 e. The third-order valence-electron chi connectivity index (χ3n) is 1.40. The third kappa shape index (κ3) is 1.37. The van der Waals surface area contributed by atoms with Gasteiger partial charge in [0.05, 0.1) is 4.92 Å². The molecule has 0 radical (unpaired) electrons. The van der Waals surface area contributed by atoms with E-state index in [9.17, 15) is 10.1 Å². The van der Waals surface area contributed by atoms with Crippen LogP contribution in [0.25, 0.3) is 0 Å². The maximum Gasteiger partial charge on any atom is 0.303 e. The average molecular weight is 172 g/mol. The molecule has 0 spiro atoms. The van der Waals surface area contributed by atoms with E-state index in [1.54, 1.807) is 19.4 Å². The molecule has 1 heterocycles. The summed E-state index contributed by atoms with van der Waals surface area (Å²) in [5.41, 5.74) is 0.872. The van der Waals surface area contributed by atoms with E-state index in [1.807, 2.05) is 0 Å². The third-order valence-corrected chi connectivity index (χ3v) is 2.11. The Morgan fingerprint density at radius 3 is 2.73 bits per heavy atom. The molecular formula is C6H8N2O2S. The minimum Gasteiger partial charge on any atom is -0.350 e. The molecule has 1 aromatic rings. The van der Waals surface area contributed by atoms with Gasteiger partial charge < -0.3 is 4.98 Å². The molecule has 0 atom stereocenters. The zero-order valence-corrected chi connectivity index (χ0v) is 7.07. The van der Waals surface area contributed by atoms with Gasteiger partial charge in [0.25, 0.3) is 0 Å². The summed E-state index contributed by atoms with van der Waals surface area (Å²) < 4.78 is 0. The Balaban J connectivity index is 3.17. The number of nitrogens with one attached hydrogen (secondary N) is 1. The molecule has 0 saturated carbocycles. The van der Waals surface area contributed by atoms with Gasteiger partial charge in [-0.15, -0.1) is 11.8 Å². The number of H-pyrrole nitrogens is 1. The molecule has 11 heavy (non-hydrogen) atoms. The number of aromatic nitrogens is 1. The lowest BCUT2D eigenvalue weighted by Crippen LogP contribution is -1.89. The standard InChI is InChI=1S/C6H8N2O2S/c1-4-3-7-6(11-2)5(4)8(9)10/h3,7H,1-2H3. The molecule has 1 N–H and O–H groups in total. The first-order valence-corrected chi connectivity index (χ1v) is 4.25. The van der Waals surface area contributed by atoms with Gasteiger partial charge in [-0.2, -0.15) is 0 Å². The van der Waals surface area contributed by atoms with Crippen molar-refractivity contribution in [1.29, 1.82) is 0 Å². The van der Waals surface area contributed by atoms with E-state index < -0.39 is 0 Å². The second-order valence-corrected chi connectivity index (χ2v) is 2.93. The van der Waals surface area contributed by atoms with Crippen molar-refractivity contribution in [2.24, 2.45) is 0 Å². The number of nitro groups is 1. The highest BCUT2D eigenvalue weighted by Gasteiger charge is 2.17. The summed E-state index contributed by atoms with van der Waals surface area (Å²) in [6, 6.07) is 0. The SMILES string of the molecule is CSc1[nH]cc(C)c1[N+](=O)[O-]. The van der Waals surface area contributed by atoms with E-state index in [0.29, 0.717) is 10.6 Å². The Kier molecular flexibility index (Phi) is 2.19. The second kappa shape index (κ2) is 2.96. The molecule has 5 heteroatoms. The van der Waals surface area contributed by atoms with Gasteiger partial charge in [0.15, 0.2) is 5.03 Å². The number of aromatic amines is 1. The van der Waals surface area contributed by atoms with Crippen LogP contribution in [0.2, 0.25) is 0 Å². The molecule has 0 aromatic carbocycles. The minimum absolute atomic E-state index is 0.192. The lowest BCUT2D eigenvalue weighted by molar-refractivity contribution is -0.388. The maximum absolute atomic E-state index is 10.4. The summed E-state index contributed by atoms with van der Waals surface area (Å²) in [7, 11) is 0. The molecule has 0 bridgehead atoms. The van der Waals surface area contributed by atoms with Crippen molar-refractivity contribution in [2.75, 3.05) is 6.26 Å². The first kappa shape index (κ1) is 8.13. The van der Waals surface area contributed by atoms with E-state index in [2.05, 4.69) is 4.98 Å². The van der Waals surface area contributed by atoms with Crippen LogP contribution in [-0.4, -0.2) is 16.2 Å². The van der Waals surface area contributed by atoms with Crippen molar-refractivity contribution in [3.8, 4) is 0 Å². The van der Waals surface area contributed by atoms with Crippen LogP contribution in [0.1, 0.15) is 5.56 Å². The molecule has 1 rings (SSSR count). The van der Waals surface area contributed by atoms with Crippen molar-refractivity contribution in [2.45, 2.75) is 11.9 Å². The number of rotatable bonds is 2. The molecule has 60 valence electrons. The Bertz CT molecular complexity index is 282. The number of hydrogen-bond acceptors (Lipinski definition) is 3. The van der Waals surface area contributed by atoms with E-state index >= 15 is 0 Å². The van der Waals surface area contributed by atoms with E-state index in [4.69, 9.17) is 0 Å². The summed E-state index contributed by atoms with van der Waals surface area (Å²) in [5, 5.41) is 11.1. The highest BCUT2D eigenvalue weighted by molar-refractivity contribution is 7.98. The number of hydrogen-bond donors (Lipinski definition) is 1. The lowest BCUT2D eigenvalue weighted by atomic mass is 10.3. The summed E-state index contributed by atoms with van der Waals surface area (Å²) in [6.45, 7) is 1.72. The van der Waals surface area contributed by atoms with Crippen molar-refractivity contribution >= 4 is 17.4 Å². The van der Waals surface area contributed by atoms with Crippen molar-refractivity contribution in [3.63, 3.8) is 0 Å². The average Bonchev–Trinajstić information content (AvgIpc) is 2.30. The molecule has 0 aliphatic heterocycles. The van der Waals surface area contributed by atoms with Gasteiger partial charge in [-0.05, 0) is 13.2 Å². The Labute approximate surface area is 68.1 Å². The molecule has 0 amide bonds. The fraction of sp³-hybridized carbons (Fsp3) is 0.333. The van der Waals surface area contributed by atoms with Crippen LogP contribution in [0.3, 0.4) is 0 Å². The van der Waals surface area contributed by atoms with Crippen LogP contribution >= 0.6 is 11.8 Å². The van der Waals surface area contributed by atoms with E-state index in [-0.39, 0.29) is 10.6 Å². The summed E-state index contributed by atoms with van der Waals surface area (Å²) in [6.07, 6.45) is 3.45. The maximum atomic E-state index is 10.4. The van der Waals surface area contributed by atoms with Crippen LogP contribution in [0.15, 0.2) is 11.2 Å². The van der Waals surface area contributed by atoms with E-state index in [0.717, 1.165) is 0 Å². The van der Waals surface area contributed by atoms with E-state index in [1.165, 1.54) is 11.8 Å². The van der Waals surface area contributed by atoms with Gasteiger partial charge in [0, 0.05) is 11.8 Å². The fourth-order valence-electron chi connectivity index (χ4n) is 0.872. The second-order valence-electron chi connectivity index (χ2n) is 2.11. The van der Waals surface area contributed by atoms with Crippen molar-refractivity contribution in [1.82, 2.24) is 4.98 Å². The first-order valence-electron chi connectivity index (χ1n) is 3.03. The van der Waals surface area contributed by atoms with Crippen LogP contribution < -0.4 is 0 Å². The highest BCUT2D eigenvalue weighted by Crippen LogP contribution is 2.28. The predicted molar refractivity (Wildman–Crippen MR) is 44.0 cm³/mol.